The molecule has 3 aromatic rings. The van der Waals surface area contributed by atoms with Crippen molar-refractivity contribution in [2.24, 2.45) is 0 Å². The molecular formula is C18H15ClF3N5O4S. The van der Waals surface area contributed by atoms with Crippen molar-refractivity contribution >= 4 is 44.1 Å². The number of nitrogens with one attached hydrogen (secondary N) is 1. The minimum atomic E-state index is -4.62. The second-order valence-electron chi connectivity index (χ2n) is 7.30. The van der Waals surface area contributed by atoms with Crippen LogP contribution in [0.2, 0.25) is 5.02 Å². The minimum absolute atomic E-state index is 0.0222. The van der Waals surface area contributed by atoms with Crippen molar-refractivity contribution in [2.45, 2.75) is 25.2 Å². The van der Waals surface area contributed by atoms with Crippen LogP contribution in [0, 0.1) is 0 Å². The molecule has 1 atom stereocenters. The molecular weight excluding hydrogens is 475 g/mol. The van der Waals surface area contributed by atoms with Crippen molar-refractivity contribution in [3.63, 3.8) is 0 Å². The van der Waals surface area contributed by atoms with Crippen molar-refractivity contribution in [3.8, 4) is 0 Å². The zero-order chi connectivity index (χ0) is 23.3. The summed E-state index contributed by atoms with van der Waals surface area (Å²) in [5, 5.41) is 6.34. The normalized spacial score (nSPS) is 18.2. The maximum atomic E-state index is 12.9. The van der Waals surface area contributed by atoms with Gasteiger partial charge in [0, 0.05) is 0 Å². The van der Waals surface area contributed by atoms with E-state index in [9.17, 15) is 31.2 Å². The third-order valence-electron chi connectivity index (χ3n) is 5.02. The molecule has 32 heavy (non-hydrogen) atoms. The lowest BCUT2D eigenvalue weighted by molar-refractivity contribution is -0.137. The summed E-state index contributed by atoms with van der Waals surface area (Å²) in [6.45, 7) is -0.530. The molecule has 2 aromatic heterocycles. The molecule has 0 saturated carbocycles. The van der Waals surface area contributed by atoms with E-state index in [4.69, 9.17) is 11.6 Å². The van der Waals surface area contributed by atoms with E-state index in [1.807, 2.05) is 0 Å². The number of sulfone groups is 1. The Hall–Kier alpha value is -2.93. The number of alkyl halides is 3. The van der Waals surface area contributed by atoms with E-state index in [-0.39, 0.29) is 33.2 Å². The van der Waals surface area contributed by atoms with E-state index >= 15 is 0 Å². The molecule has 0 spiro atoms. The SMILES string of the molecule is O=C(Cn1cnc2c(cnn2C2CCS(=O)(=O)C2)c1=O)Nc1cc(C(F)(F)F)ccc1Cl. The Bertz CT molecular complexity index is 1380. The predicted octanol–water partition coefficient (Wildman–Crippen LogP) is 2.26. The Balaban J connectivity index is 1.56. The van der Waals surface area contributed by atoms with Gasteiger partial charge in [-0.3, -0.25) is 14.2 Å². The number of anilines is 1. The lowest BCUT2D eigenvalue weighted by Gasteiger charge is -2.12. The van der Waals surface area contributed by atoms with E-state index < -0.39 is 45.6 Å². The molecule has 1 amide bonds. The highest BCUT2D eigenvalue weighted by molar-refractivity contribution is 7.91. The van der Waals surface area contributed by atoms with E-state index in [0.29, 0.717) is 12.5 Å². The first-order chi connectivity index (χ1) is 14.9. The van der Waals surface area contributed by atoms with Gasteiger partial charge >= 0.3 is 6.18 Å². The molecule has 1 aliphatic heterocycles. The molecule has 4 rings (SSSR count). The summed E-state index contributed by atoms with van der Waals surface area (Å²) >= 11 is 5.87. The first-order valence-electron chi connectivity index (χ1n) is 9.24. The molecule has 3 heterocycles. The van der Waals surface area contributed by atoms with Gasteiger partial charge in [0.2, 0.25) is 5.91 Å². The third kappa shape index (κ3) is 4.35. The van der Waals surface area contributed by atoms with E-state index in [0.717, 1.165) is 23.0 Å². The molecule has 14 heteroatoms. The van der Waals surface area contributed by atoms with E-state index in [1.54, 1.807) is 0 Å². The molecule has 170 valence electrons. The molecule has 1 aromatic carbocycles. The average Bonchev–Trinajstić information content (AvgIpc) is 3.28. The molecule has 1 saturated heterocycles. The van der Waals surface area contributed by atoms with Crippen LogP contribution in [0.25, 0.3) is 11.0 Å². The number of benzene rings is 1. The van der Waals surface area contributed by atoms with E-state index in [1.165, 1.54) is 10.9 Å². The summed E-state index contributed by atoms with van der Waals surface area (Å²) in [4.78, 5) is 29.2. The quantitative estimate of drug-likeness (QED) is 0.601. The number of amides is 1. The Kier molecular flexibility index (Phi) is 5.49. The Morgan fingerprint density at radius 3 is 2.72 bits per heavy atom. The van der Waals surface area contributed by atoms with E-state index in [2.05, 4.69) is 15.4 Å². The highest BCUT2D eigenvalue weighted by Gasteiger charge is 2.32. The van der Waals surface area contributed by atoms with Crippen LogP contribution in [-0.4, -0.2) is 45.2 Å². The number of halogens is 4. The Labute approximate surface area is 183 Å². The lowest BCUT2D eigenvalue weighted by atomic mass is 10.2. The fourth-order valence-corrected chi connectivity index (χ4v) is 5.31. The van der Waals surface area contributed by atoms with Crippen molar-refractivity contribution in [2.75, 3.05) is 16.8 Å². The minimum Gasteiger partial charge on any atom is -0.323 e. The Morgan fingerprint density at radius 1 is 1.31 bits per heavy atom. The molecule has 1 fully saturated rings. The zero-order valence-electron chi connectivity index (χ0n) is 16.1. The van der Waals surface area contributed by atoms with Crippen LogP contribution >= 0.6 is 11.6 Å². The number of fused-ring (bicyclic) bond motifs is 1. The van der Waals surface area contributed by atoms with Crippen molar-refractivity contribution < 1.29 is 26.4 Å². The van der Waals surface area contributed by atoms with Crippen LogP contribution in [0.5, 0.6) is 0 Å². The lowest BCUT2D eigenvalue weighted by Crippen LogP contribution is -2.28. The number of rotatable bonds is 4. The largest absolute Gasteiger partial charge is 0.416 e. The van der Waals surface area contributed by atoms with Crippen LogP contribution in [0.3, 0.4) is 0 Å². The third-order valence-corrected chi connectivity index (χ3v) is 7.10. The van der Waals surface area contributed by atoms with Gasteiger partial charge in [0.1, 0.15) is 18.3 Å². The summed E-state index contributed by atoms with van der Waals surface area (Å²) in [6.07, 6.45) is -1.92. The second-order valence-corrected chi connectivity index (χ2v) is 9.94. The average molecular weight is 490 g/mol. The monoisotopic (exact) mass is 489 g/mol. The molecule has 0 bridgehead atoms. The van der Waals surface area contributed by atoms with Gasteiger partial charge in [-0.2, -0.15) is 18.3 Å². The highest BCUT2D eigenvalue weighted by Crippen LogP contribution is 2.33. The highest BCUT2D eigenvalue weighted by atomic mass is 35.5. The summed E-state index contributed by atoms with van der Waals surface area (Å²) in [7, 11) is -3.18. The van der Waals surface area contributed by atoms with Crippen LogP contribution in [0.1, 0.15) is 18.0 Å². The maximum Gasteiger partial charge on any atom is 0.416 e. The maximum absolute atomic E-state index is 12.9. The Morgan fingerprint density at radius 2 is 2.06 bits per heavy atom. The predicted molar refractivity (Wildman–Crippen MR) is 109 cm³/mol. The van der Waals surface area contributed by atoms with Gasteiger partial charge in [0.05, 0.1) is 40.0 Å². The van der Waals surface area contributed by atoms with Crippen molar-refractivity contribution in [1.82, 2.24) is 19.3 Å². The van der Waals surface area contributed by atoms with Crippen LogP contribution < -0.4 is 10.9 Å². The number of aromatic nitrogens is 4. The molecule has 1 N–H and O–H groups in total. The molecule has 0 aliphatic carbocycles. The number of nitrogens with zero attached hydrogens (tertiary/aromatic N) is 4. The van der Waals surface area contributed by atoms with Crippen LogP contribution in [0.15, 0.2) is 35.5 Å². The zero-order valence-corrected chi connectivity index (χ0v) is 17.7. The number of hydrogen-bond acceptors (Lipinski definition) is 6. The fourth-order valence-electron chi connectivity index (χ4n) is 3.46. The summed E-state index contributed by atoms with van der Waals surface area (Å²) in [5.74, 6) is -0.868. The van der Waals surface area contributed by atoms with Gasteiger partial charge < -0.3 is 5.32 Å². The molecule has 0 radical (unpaired) electrons. The van der Waals surface area contributed by atoms with Gasteiger partial charge in [0.25, 0.3) is 5.56 Å². The van der Waals surface area contributed by atoms with Gasteiger partial charge in [-0.05, 0) is 24.6 Å². The topological polar surface area (TPSA) is 116 Å². The molecule has 1 unspecified atom stereocenters. The first-order valence-corrected chi connectivity index (χ1v) is 11.4. The summed E-state index contributed by atoms with van der Waals surface area (Å²) in [6, 6.07) is 2.06. The number of hydrogen-bond donors (Lipinski definition) is 1. The smallest absolute Gasteiger partial charge is 0.323 e. The van der Waals surface area contributed by atoms with Gasteiger partial charge in [-0.15, -0.1) is 0 Å². The molecule has 1 aliphatic rings. The van der Waals surface area contributed by atoms with Crippen LogP contribution in [0.4, 0.5) is 18.9 Å². The first kappa shape index (κ1) is 22.3. The van der Waals surface area contributed by atoms with Gasteiger partial charge in [-0.1, -0.05) is 11.6 Å². The van der Waals surface area contributed by atoms with Crippen LogP contribution in [-0.2, 0) is 27.4 Å². The molecule has 9 nitrogen and oxygen atoms in total. The summed E-state index contributed by atoms with van der Waals surface area (Å²) < 4.78 is 64.5. The second kappa shape index (κ2) is 7.89. The summed E-state index contributed by atoms with van der Waals surface area (Å²) in [5.41, 5.74) is -1.65. The van der Waals surface area contributed by atoms with Gasteiger partial charge in [-0.25, -0.2) is 18.1 Å². The van der Waals surface area contributed by atoms with Crippen molar-refractivity contribution in [1.29, 1.82) is 0 Å². The number of carbonyl (C=O) groups is 1. The fraction of sp³-hybridized carbons (Fsp3) is 0.333. The van der Waals surface area contributed by atoms with Crippen molar-refractivity contribution in [3.05, 3.63) is 51.7 Å². The number of carbonyl (C=O) groups excluding carboxylic acids is 1. The standard InChI is InChI=1S/C18H15ClF3N5O4S/c19-13-2-1-10(18(20,21)22)5-14(13)25-15(28)7-26-9-23-16-12(17(26)29)6-24-27(16)11-3-4-32(30,31)8-11/h1-2,5-6,9,11H,3-4,7-8H2,(H,25,28). The van der Waals surface area contributed by atoms with Gasteiger partial charge in [0.15, 0.2) is 15.5 Å².